The second-order valence-electron chi connectivity index (χ2n) is 6.42. The topological polar surface area (TPSA) is 108 Å². The third kappa shape index (κ3) is 5.24. The Labute approximate surface area is 191 Å². The van der Waals surface area contributed by atoms with Crippen molar-refractivity contribution in [1.29, 1.82) is 0 Å². The summed E-state index contributed by atoms with van der Waals surface area (Å²) >= 11 is 7.35. The Morgan fingerprint density at radius 2 is 1.84 bits per heavy atom. The average Bonchev–Trinajstić information content (AvgIpc) is 3.17. The molecule has 0 saturated carbocycles. The van der Waals surface area contributed by atoms with Gasteiger partial charge in [0, 0.05) is 27.2 Å². The lowest BCUT2D eigenvalue weighted by Gasteiger charge is -2.10. The summed E-state index contributed by atoms with van der Waals surface area (Å²) < 4.78 is 23.8. The summed E-state index contributed by atoms with van der Waals surface area (Å²) in [5.41, 5.74) is 6.55. The Hall–Kier alpha value is -3.43. The fraction of sp³-hybridized carbons (Fsp3) is 0.136. The van der Waals surface area contributed by atoms with Gasteiger partial charge in [-0.1, -0.05) is 29.8 Å². The Balaban J connectivity index is 1.78. The van der Waals surface area contributed by atoms with E-state index in [1.807, 2.05) is 0 Å². The number of ether oxygens (including phenoxy) is 2. The Morgan fingerprint density at radius 3 is 2.56 bits per heavy atom. The van der Waals surface area contributed by atoms with Crippen molar-refractivity contribution >= 4 is 51.5 Å². The molecule has 32 heavy (non-hydrogen) atoms. The third-order valence-electron chi connectivity index (χ3n) is 4.23. The van der Waals surface area contributed by atoms with Crippen LogP contribution in [0.25, 0.3) is 11.1 Å². The summed E-state index contributed by atoms with van der Waals surface area (Å²) in [4.78, 5) is 37.0. The lowest BCUT2D eigenvalue weighted by atomic mass is 10.0. The van der Waals surface area contributed by atoms with Crippen LogP contribution >= 0.6 is 22.9 Å². The summed E-state index contributed by atoms with van der Waals surface area (Å²) in [5, 5.41) is 4.82. The van der Waals surface area contributed by atoms with Crippen LogP contribution in [0.5, 0.6) is 0 Å². The van der Waals surface area contributed by atoms with Crippen LogP contribution in [0.4, 0.5) is 15.1 Å². The molecule has 0 aliphatic carbocycles. The minimum Gasteiger partial charge on any atom is -0.462 e. The van der Waals surface area contributed by atoms with Crippen LogP contribution in [0.3, 0.4) is 0 Å². The van der Waals surface area contributed by atoms with Gasteiger partial charge in [-0.2, -0.15) is 0 Å². The lowest BCUT2D eigenvalue weighted by Crippen LogP contribution is -2.22. The van der Waals surface area contributed by atoms with Crippen molar-refractivity contribution in [2.75, 3.05) is 24.3 Å². The van der Waals surface area contributed by atoms with Crippen LogP contribution in [-0.2, 0) is 14.3 Å². The number of nitrogens with one attached hydrogen (secondary N) is 1. The number of carbonyl (C=O) groups is 3. The number of hydrogen-bond donors (Lipinski definition) is 2. The van der Waals surface area contributed by atoms with E-state index in [1.54, 1.807) is 36.6 Å². The van der Waals surface area contributed by atoms with Crippen molar-refractivity contribution < 1.29 is 28.2 Å². The number of carbonyl (C=O) groups excluding carboxylic acids is 3. The van der Waals surface area contributed by atoms with Crippen molar-refractivity contribution in [3.05, 3.63) is 69.8 Å². The van der Waals surface area contributed by atoms with Crippen molar-refractivity contribution in [3.8, 4) is 11.1 Å². The molecule has 0 fully saturated rings. The summed E-state index contributed by atoms with van der Waals surface area (Å²) in [6, 6.07) is 10.4. The maximum atomic E-state index is 13.8. The normalized spacial score (nSPS) is 10.5. The third-order valence-corrected chi connectivity index (χ3v) is 5.46. The van der Waals surface area contributed by atoms with Crippen LogP contribution in [0.1, 0.15) is 27.6 Å². The molecule has 2 aromatic carbocycles. The van der Waals surface area contributed by atoms with Gasteiger partial charge in [-0.25, -0.2) is 14.0 Å². The molecule has 0 unspecified atom stereocenters. The van der Waals surface area contributed by atoms with Crippen molar-refractivity contribution in [1.82, 2.24) is 0 Å². The van der Waals surface area contributed by atoms with Crippen molar-refractivity contribution in [3.63, 3.8) is 0 Å². The van der Waals surface area contributed by atoms with Crippen LogP contribution in [0, 0.1) is 5.82 Å². The Kier molecular flexibility index (Phi) is 7.45. The van der Waals surface area contributed by atoms with Crippen molar-refractivity contribution in [2.45, 2.75) is 6.92 Å². The highest BCUT2D eigenvalue weighted by Crippen LogP contribution is 2.39. The monoisotopic (exact) mass is 476 g/mol. The summed E-state index contributed by atoms with van der Waals surface area (Å²) in [7, 11) is 0. The van der Waals surface area contributed by atoms with E-state index in [2.05, 4.69) is 5.32 Å². The van der Waals surface area contributed by atoms with Gasteiger partial charge in [0.05, 0.1) is 12.2 Å². The first-order valence-corrected chi connectivity index (χ1v) is 10.6. The van der Waals surface area contributed by atoms with E-state index in [0.29, 0.717) is 16.1 Å². The fourth-order valence-corrected chi connectivity index (χ4v) is 4.01. The standard InChI is InChI=1S/C22H18ClFN2O5S/c1-2-30-22(29)19-15(13-5-3-4-6-16(13)23)11-32-20(19)26-18(27)10-31-21(28)14-9-12(25)7-8-17(14)24/h3-9,11H,2,10,25H2,1H3,(H,26,27). The molecular formula is C22H18ClFN2O5S. The largest absolute Gasteiger partial charge is 0.462 e. The summed E-state index contributed by atoms with van der Waals surface area (Å²) in [6.07, 6.45) is 0. The highest BCUT2D eigenvalue weighted by atomic mass is 35.5. The molecule has 3 N–H and O–H groups in total. The van der Waals surface area contributed by atoms with Gasteiger partial charge in [-0.3, -0.25) is 4.79 Å². The van der Waals surface area contributed by atoms with E-state index in [0.717, 1.165) is 23.5 Å². The molecule has 7 nitrogen and oxygen atoms in total. The first-order valence-electron chi connectivity index (χ1n) is 9.37. The van der Waals surface area contributed by atoms with Gasteiger partial charge in [-0.05, 0) is 31.2 Å². The summed E-state index contributed by atoms with van der Waals surface area (Å²) in [6.45, 7) is 1.09. The Morgan fingerprint density at radius 1 is 1.09 bits per heavy atom. The molecule has 0 bridgehead atoms. The van der Waals surface area contributed by atoms with E-state index in [9.17, 15) is 18.8 Å². The van der Waals surface area contributed by atoms with Gasteiger partial charge in [0.1, 0.15) is 16.4 Å². The second-order valence-corrected chi connectivity index (χ2v) is 7.70. The molecule has 0 saturated heterocycles. The molecule has 1 heterocycles. The number of anilines is 2. The van der Waals surface area contributed by atoms with Crippen LogP contribution in [0.2, 0.25) is 5.02 Å². The number of amides is 1. The molecule has 0 radical (unpaired) electrons. The molecule has 1 aromatic heterocycles. The highest BCUT2D eigenvalue weighted by molar-refractivity contribution is 7.15. The highest BCUT2D eigenvalue weighted by Gasteiger charge is 2.24. The number of nitrogen functional groups attached to an aromatic ring is 1. The molecule has 0 aliphatic heterocycles. The molecule has 3 aromatic rings. The first-order chi connectivity index (χ1) is 15.3. The van der Waals surface area contributed by atoms with Crippen LogP contribution in [0.15, 0.2) is 47.8 Å². The first kappa shape index (κ1) is 23.2. The molecule has 10 heteroatoms. The smallest absolute Gasteiger partial charge is 0.341 e. The SMILES string of the molecule is CCOC(=O)c1c(-c2ccccc2Cl)csc1NC(=O)COC(=O)c1cc(N)ccc1F. The second kappa shape index (κ2) is 10.3. The maximum absolute atomic E-state index is 13.8. The van der Waals surface area contributed by atoms with E-state index < -0.39 is 30.3 Å². The predicted molar refractivity (Wildman–Crippen MR) is 120 cm³/mol. The van der Waals surface area contributed by atoms with Gasteiger partial charge >= 0.3 is 11.9 Å². The van der Waals surface area contributed by atoms with Gasteiger partial charge < -0.3 is 20.5 Å². The van der Waals surface area contributed by atoms with E-state index in [-0.39, 0.29) is 28.4 Å². The molecule has 1 amide bonds. The number of nitrogens with two attached hydrogens (primary N) is 1. The molecule has 3 rings (SSSR count). The van der Waals surface area contributed by atoms with E-state index in [4.69, 9.17) is 26.8 Å². The number of hydrogen-bond acceptors (Lipinski definition) is 7. The fourth-order valence-electron chi connectivity index (χ4n) is 2.80. The van der Waals surface area contributed by atoms with Gasteiger partial charge in [-0.15, -0.1) is 11.3 Å². The number of halogens is 2. The molecular weight excluding hydrogens is 459 g/mol. The molecule has 0 spiro atoms. The minimum absolute atomic E-state index is 0.131. The molecule has 0 aliphatic rings. The van der Waals surface area contributed by atoms with Gasteiger partial charge in [0.15, 0.2) is 6.61 Å². The molecule has 0 atom stereocenters. The van der Waals surface area contributed by atoms with Crippen molar-refractivity contribution in [2.24, 2.45) is 0 Å². The summed E-state index contributed by atoms with van der Waals surface area (Å²) in [5.74, 6) is -3.23. The van der Waals surface area contributed by atoms with Crippen LogP contribution < -0.4 is 11.1 Å². The quantitative estimate of drug-likeness (QED) is 0.376. The number of benzene rings is 2. The number of esters is 2. The van der Waals surface area contributed by atoms with Gasteiger partial charge in [0.2, 0.25) is 0 Å². The predicted octanol–water partition coefficient (Wildman–Crippen LogP) is 4.76. The van der Waals surface area contributed by atoms with E-state index in [1.165, 1.54) is 6.07 Å². The zero-order valence-corrected chi connectivity index (χ0v) is 18.4. The zero-order valence-electron chi connectivity index (χ0n) is 16.8. The minimum atomic E-state index is -1.04. The Bertz CT molecular complexity index is 1180. The van der Waals surface area contributed by atoms with Crippen LogP contribution in [-0.4, -0.2) is 31.1 Å². The number of thiophene rings is 1. The number of rotatable bonds is 7. The zero-order chi connectivity index (χ0) is 23.3. The van der Waals surface area contributed by atoms with E-state index >= 15 is 0 Å². The van der Waals surface area contributed by atoms with Gasteiger partial charge in [0.25, 0.3) is 5.91 Å². The molecule has 166 valence electrons. The average molecular weight is 477 g/mol. The lowest BCUT2D eigenvalue weighted by molar-refractivity contribution is -0.119. The maximum Gasteiger partial charge on any atom is 0.341 e.